The second-order valence-electron chi connectivity index (χ2n) is 9.18. The number of likely N-dealkylation sites (tertiary alicyclic amines) is 1. The fourth-order valence-corrected chi connectivity index (χ4v) is 4.15. The number of hydrogen-bond donors (Lipinski definition) is 2. The van der Waals surface area contributed by atoms with Crippen LogP contribution < -0.4 is 20.1 Å². The van der Waals surface area contributed by atoms with E-state index in [4.69, 9.17) is 9.47 Å². The number of amides is 3. The third-order valence-corrected chi connectivity index (χ3v) is 6.22. The van der Waals surface area contributed by atoms with Crippen molar-refractivity contribution in [3.63, 3.8) is 0 Å². The van der Waals surface area contributed by atoms with E-state index in [2.05, 4.69) is 10.6 Å². The molecule has 1 aliphatic rings. The first-order valence-corrected chi connectivity index (χ1v) is 12.0. The van der Waals surface area contributed by atoms with Crippen molar-refractivity contribution in [2.75, 3.05) is 33.9 Å². The van der Waals surface area contributed by atoms with E-state index >= 15 is 0 Å². The smallest absolute Gasteiger partial charge is 0.253 e. The topological polar surface area (TPSA) is 97.0 Å². The lowest BCUT2D eigenvalue weighted by molar-refractivity contribution is -0.124. The molecule has 3 rings (SSSR count). The number of carbonyl (C=O) groups is 3. The maximum atomic E-state index is 13.1. The Morgan fingerprint density at radius 1 is 0.943 bits per heavy atom. The van der Waals surface area contributed by atoms with Gasteiger partial charge in [0.25, 0.3) is 11.8 Å². The molecule has 1 atom stereocenters. The minimum absolute atomic E-state index is 0.0644. The van der Waals surface area contributed by atoms with Crippen molar-refractivity contribution in [1.82, 2.24) is 15.5 Å². The Kier molecular flexibility index (Phi) is 9.11. The van der Waals surface area contributed by atoms with Gasteiger partial charge in [-0.25, -0.2) is 0 Å². The molecule has 1 unspecified atom stereocenters. The summed E-state index contributed by atoms with van der Waals surface area (Å²) in [5.41, 5.74) is 1.03. The molecule has 1 saturated heterocycles. The van der Waals surface area contributed by atoms with Gasteiger partial charge in [0, 0.05) is 30.8 Å². The molecule has 0 spiro atoms. The Morgan fingerprint density at radius 2 is 1.60 bits per heavy atom. The quantitative estimate of drug-likeness (QED) is 0.574. The van der Waals surface area contributed by atoms with Gasteiger partial charge in [0.1, 0.15) is 17.5 Å². The van der Waals surface area contributed by atoms with Crippen LogP contribution in [0.4, 0.5) is 0 Å². The fraction of sp³-hybridized carbons (Fsp3) is 0.444. The van der Waals surface area contributed by atoms with E-state index in [9.17, 15) is 14.4 Å². The SMILES string of the molecule is COc1ccc(C(=O)NC(C(=O)NCC(C)C)C2CCN(C(=O)c3cccc(OC)c3)CC2)cc1. The van der Waals surface area contributed by atoms with Crippen molar-refractivity contribution in [2.24, 2.45) is 11.8 Å². The van der Waals surface area contributed by atoms with Crippen molar-refractivity contribution >= 4 is 17.7 Å². The van der Waals surface area contributed by atoms with Crippen LogP contribution in [0.1, 0.15) is 47.4 Å². The van der Waals surface area contributed by atoms with Gasteiger partial charge < -0.3 is 25.0 Å². The van der Waals surface area contributed by atoms with Crippen molar-refractivity contribution in [3.8, 4) is 11.5 Å². The molecule has 2 aromatic carbocycles. The molecule has 0 bridgehead atoms. The lowest BCUT2D eigenvalue weighted by atomic mass is 9.88. The summed E-state index contributed by atoms with van der Waals surface area (Å²) in [6.45, 7) is 5.59. The summed E-state index contributed by atoms with van der Waals surface area (Å²) in [4.78, 5) is 40.8. The Labute approximate surface area is 207 Å². The molecule has 0 aliphatic carbocycles. The molecule has 35 heavy (non-hydrogen) atoms. The predicted molar refractivity (Wildman–Crippen MR) is 134 cm³/mol. The number of nitrogens with zero attached hydrogens (tertiary/aromatic N) is 1. The van der Waals surface area contributed by atoms with E-state index in [1.807, 2.05) is 13.8 Å². The Hall–Kier alpha value is -3.55. The highest BCUT2D eigenvalue weighted by Gasteiger charge is 2.34. The van der Waals surface area contributed by atoms with E-state index in [-0.39, 0.29) is 23.6 Å². The highest BCUT2D eigenvalue weighted by Crippen LogP contribution is 2.24. The molecular formula is C27H35N3O5. The third kappa shape index (κ3) is 6.97. The van der Waals surface area contributed by atoms with E-state index in [0.29, 0.717) is 61.0 Å². The second kappa shape index (κ2) is 12.2. The van der Waals surface area contributed by atoms with Crippen molar-refractivity contribution in [1.29, 1.82) is 0 Å². The Bertz CT molecular complexity index is 1010. The molecule has 2 aromatic rings. The first-order valence-electron chi connectivity index (χ1n) is 12.0. The van der Waals surface area contributed by atoms with E-state index in [1.165, 1.54) is 0 Å². The van der Waals surface area contributed by atoms with Gasteiger partial charge in [0.05, 0.1) is 14.2 Å². The van der Waals surface area contributed by atoms with Gasteiger partial charge in [-0.1, -0.05) is 19.9 Å². The third-order valence-electron chi connectivity index (χ3n) is 6.22. The van der Waals surface area contributed by atoms with Gasteiger partial charge in [-0.2, -0.15) is 0 Å². The lowest BCUT2D eigenvalue weighted by Gasteiger charge is -2.36. The van der Waals surface area contributed by atoms with Crippen molar-refractivity contribution in [2.45, 2.75) is 32.7 Å². The monoisotopic (exact) mass is 481 g/mol. The first-order chi connectivity index (χ1) is 16.8. The van der Waals surface area contributed by atoms with Crippen LogP contribution in [0.2, 0.25) is 0 Å². The lowest BCUT2D eigenvalue weighted by Crippen LogP contribution is -2.54. The number of rotatable bonds is 9. The molecule has 8 heteroatoms. The molecule has 0 aromatic heterocycles. The standard InChI is InChI=1S/C27H35N3O5/c1-18(2)17-28-26(32)24(29-25(31)20-8-10-22(34-3)11-9-20)19-12-14-30(15-13-19)27(33)21-6-5-7-23(16-21)35-4/h5-11,16,18-19,24H,12-15,17H2,1-4H3,(H,28,32)(H,29,31). The maximum absolute atomic E-state index is 13.1. The second-order valence-corrected chi connectivity index (χ2v) is 9.18. The number of piperidine rings is 1. The molecule has 1 heterocycles. The predicted octanol–water partition coefficient (Wildman–Crippen LogP) is 3.13. The average molecular weight is 482 g/mol. The van der Waals surface area contributed by atoms with Crippen LogP contribution in [-0.4, -0.2) is 62.5 Å². The first kappa shape index (κ1) is 26.1. The zero-order valence-corrected chi connectivity index (χ0v) is 20.9. The molecular weight excluding hydrogens is 446 g/mol. The minimum atomic E-state index is -0.683. The molecule has 8 nitrogen and oxygen atoms in total. The van der Waals surface area contributed by atoms with Gasteiger partial charge in [-0.3, -0.25) is 14.4 Å². The molecule has 0 radical (unpaired) electrons. The maximum Gasteiger partial charge on any atom is 0.253 e. The Balaban J connectivity index is 1.68. The summed E-state index contributed by atoms with van der Waals surface area (Å²) in [5.74, 6) is 0.920. The number of ether oxygens (including phenoxy) is 2. The highest BCUT2D eigenvalue weighted by atomic mass is 16.5. The molecule has 2 N–H and O–H groups in total. The van der Waals surface area contributed by atoms with Crippen LogP contribution in [-0.2, 0) is 4.79 Å². The normalized spacial score (nSPS) is 14.8. The van der Waals surface area contributed by atoms with Crippen LogP contribution in [0.15, 0.2) is 48.5 Å². The van der Waals surface area contributed by atoms with Crippen LogP contribution >= 0.6 is 0 Å². The number of hydrogen-bond acceptors (Lipinski definition) is 5. The summed E-state index contributed by atoms with van der Waals surface area (Å²) in [5, 5.41) is 5.90. The molecule has 3 amide bonds. The number of benzene rings is 2. The highest BCUT2D eigenvalue weighted by molar-refractivity contribution is 5.98. The van der Waals surface area contributed by atoms with Crippen molar-refractivity contribution in [3.05, 3.63) is 59.7 Å². The molecule has 1 aliphatic heterocycles. The summed E-state index contributed by atoms with van der Waals surface area (Å²) in [7, 11) is 3.13. The van der Waals surface area contributed by atoms with Gasteiger partial charge in [-0.05, 0) is 67.1 Å². The number of nitrogens with one attached hydrogen (secondary N) is 2. The zero-order valence-electron chi connectivity index (χ0n) is 20.9. The van der Waals surface area contributed by atoms with Crippen LogP contribution in [0.25, 0.3) is 0 Å². The zero-order chi connectivity index (χ0) is 25.4. The summed E-state index contributed by atoms with van der Waals surface area (Å²) < 4.78 is 10.4. The van der Waals surface area contributed by atoms with Gasteiger partial charge in [0.15, 0.2) is 0 Å². The summed E-state index contributed by atoms with van der Waals surface area (Å²) >= 11 is 0. The largest absolute Gasteiger partial charge is 0.497 e. The van der Waals surface area contributed by atoms with Crippen LogP contribution in [0.3, 0.4) is 0 Å². The number of carbonyl (C=O) groups excluding carboxylic acids is 3. The van der Waals surface area contributed by atoms with E-state index in [1.54, 1.807) is 67.7 Å². The van der Waals surface area contributed by atoms with Crippen molar-refractivity contribution < 1.29 is 23.9 Å². The summed E-state index contributed by atoms with van der Waals surface area (Å²) in [6, 6.07) is 13.2. The van der Waals surface area contributed by atoms with Crippen LogP contribution in [0.5, 0.6) is 11.5 Å². The van der Waals surface area contributed by atoms with E-state index < -0.39 is 6.04 Å². The van der Waals surface area contributed by atoms with Crippen LogP contribution in [0, 0.1) is 11.8 Å². The van der Waals surface area contributed by atoms with E-state index in [0.717, 1.165) is 0 Å². The van der Waals surface area contributed by atoms with Gasteiger partial charge >= 0.3 is 0 Å². The Morgan fingerprint density at radius 3 is 2.20 bits per heavy atom. The molecule has 1 fully saturated rings. The minimum Gasteiger partial charge on any atom is -0.497 e. The molecule has 0 saturated carbocycles. The fourth-order valence-electron chi connectivity index (χ4n) is 4.15. The average Bonchev–Trinajstić information content (AvgIpc) is 2.90. The van der Waals surface area contributed by atoms with Gasteiger partial charge in [0.2, 0.25) is 5.91 Å². The summed E-state index contributed by atoms with van der Waals surface area (Å²) in [6.07, 6.45) is 1.22. The molecule has 188 valence electrons. The number of methoxy groups -OCH3 is 2. The van der Waals surface area contributed by atoms with Gasteiger partial charge in [-0.15, -0.1) is 0 Å².